The van der Waals surface area contributed by atoms with E-state index in [9.17, 15) is 0 Å². The smallest absolute Gasteiger partial charge is 0.156 e. The van der Waals surface area contributed by atoms with Crippen molar-refractivity contribution in [2.24, 2.45) is 16.8 Å². The van der Waals surface area contributed by atoms with Gasteiger partial charge in [0.05, 0.1) is 0 Å². The molecule has 0 radical (unpaired) electrons. The Hall–Kier alpha value is -0.220. The van der Waals surface area contributed by atoms with Crippen LogP contribution in [0.3, 0.4) is 0 Å². The molecule has 2 saturated heterocycles. The Morgan fingerprint density at radius 2 is 2.22 bits per heavy atom. The molecule has 0 bridgehead atoms. The highest BCUT2D eigenvalue weighted by molar-refractivity contribution is 8.13. The molecule has 0 aromatic rings. The summed E-state index contributed by atoms with van der Waals surface area (Å²) in [4.78, 5) is 4.75. The number of amidine groups is 1. The van der Waals surface area contributed by atoms with E-state index in [1.165, 1.54) is 49.4 Å². The van der Waals surface area contributed by atoms with Crippen LogP contribution in [0.2, 0.25) is 0 Å². The lowest BCUT2D eigenvalue weighted by Crippen LogP contribution is -2.46. The first kappa shape index (κ1) is 12.8. The fourth-order valence-electron chi connectivity index (χ4n) is 3.23. The molecule has 3 rings (SSSR count). The topological polar surface area (TPSA) is 33.6 Å². The first-order valence-corrected chi connectivity index (χ1v) is 8.42. The van der Waals surface area contributed by atoms with Gasteiger partial charge in [0, 0.05) is 31.6 Å². The molecule has 0 aromatic heterocycles. The summed E-state index contributed by atoms with van der Waals surface area (Å²) in [6.45, 7) is 2.88. The highest BCUT2D eigenvalue weighted by Crippen LogP contribution is 2.31. The normalized spacial score (nSPS) is 38.4. The minimum atomic E-state index is 0.716. The molecule has 3 atom stereocenters. The Morgan fingerprint density at radius 3 is 3.11 bits per heavy atom. The number of rotatable bonds is 3. The number of hydrogen-bond acceptors (Lipinski definition) is 3. The van der Waals surface area contributed by atoms with Crippen molar-refractivity contribution in [1.29, 1.82) is 0 Å². The fourth-order valence-corrected chi connectivity index (χ4v) is 4.42. The van der Waals surface area contributed by atoms with Gasteiger partial charge in [-0.1, -0.05) is 24.6 Å². The largest absolute Gasteiger partial charge is 0.381 e. The van der Waals surface area contributed by atoms with Crippen LogP contribution in [0.15, 0.2) is 4.99 Å². The summed E-state index contributed by atoms with van der Waals surface area (Å²) in [6.07, 6.45) is 8.01. The molecule has 1 aliphatic carbocycles. The molecule has 4 heteroatoms. The van der Waals surface area contributed by atoms with Crippen LogP contribution in [0.4, 0.5) is 0 Å². The number of ether oxygens (including phenoxy) is 1. The zero-order valence-corrected chi connectivity index (χ0v) is 11.9. The van der Waals surface area contributed by atoms with Crippen molar-refractivity contribution in [3.05, 3.63) is 0 Å². The van der Waals surface area contributed by atoms with Crippen LogP contribution >= 0.6 is 11.8 Å². The lowest BCUT2D eigenvalue weighted by Gasteiger charge is -2.36. The average molecular weight is 268 g/mol. The molecular formula is C14H24N2OS. The van der Waals surface area contributed by atoms with Gasteiger partial charge < -0.3 is 10.1 Å². The Kier molecular flexibility index (Phi) is 4.47. The second-order valence-corrected chi connectivity index (χ2v) is 6.82. The van der Waals surface area contributed by atoms with Crippen molar-refractivity contribution >= 4 is 16.9 Å². The van der Waals surface area contributed by atoms with Gasteiger partial charge >= 0.3 is 0 Å². The molecule has 0 spiro atoms. The van der Waals surface area contributed by atoms with Crippen LogP contribution in [0.5, 0.6) is 0 Å². The molecule has 3 aliphatic rings. The molecular weight excluding hydrogens is 244 g/mol. The van der Waals surface area contributed by atoms with Gasteiger partial charge in [-0.15, -0.1) is 0 Å². The van der Waals surface area contributed by atoms with E-state index in [1.807, 2.05) is 11.8 Å². The molecule has 102 valence electrons. The van der Waals surface area contributed by atoms with Gasteiger partial charge in [0.25, 0.3) is 0 Å². The lowest BCUT2D eigenvalue weighted by atomic mass is 9.86. The molecule has 3 fully saturated rings. The molecule has 0 aromatic carbocycles. The average Bonchev–Trinajstić information content (AvgIpc) is 2.92. The first-order chi connectivity index (χ1) is 8.92. The third-order valence-corrected chi connectivity index (χ3v) is 5.58. The Labute approximate surface area is 114 Å². The van der Waals surface area contributed by atoms with Gasteiger partial charge in [-0.25, -0.2) is 0 Å². The van der Waals surface area contributed by atoms with Crippen LogP contribution in [0, 0.1) is 11.8 Å². The van der Waals surface area contributed by atoms with Crippen molar-refractivity contribution in [2.75, 3.05) is 25.5 Å². The van der Waals surface area contributed by atoms with E-state index in [-0.39, 0.29) is 0 Å². The molecule has 1 N–H and O–H groups in total. The second kappa shape index (κ2) is 6.29. The summed E-state index contributed by atoms with van der Waals surface area (Å²) in [5.74, 6) is 2.93. The minimum absolute atomic E-state index is 0.716. The molecule has 2 aliphatic heterocycles. The third kappa shape index (κ3) is 3.21. The SMILES string of the molecule is C1CCC2NC(=NCCC3CCOC3)SCC2C1. The maximum Gasteiger partial charge on any atom is 0.156 e. The van der Waals surface area contributed by atoms with Crippen molar-refractivity contribution in [1.82, 2.24) is 5.32 Å². The van der Waals surface area contributed by atoms with Crippen molar-refractivity contribution < 1.29 is 4.74 Å². The van der Waals surface area contributed by atoms with Gasteiger partial charge in [-0.05, 0) is 37.5 Å². The molecule has 0 amide bonds. The van der Waals surface area contributed by atoms with Gasteiger partial charge in [0.1, 0.15) is 0 Å². The van der Waals surface area contributed by atoms with Gasteiger partial charge in [-0.3, -0.25) is 4.99 Å². The monoisotopic (exact) mass is 268 g/mol. The van der Waals surface area contributed by atoms with Crippen LogP contribution in [0.1, 0.15) is 38.5 Å². The Bertz CT molecular complexity index is 302. The minimum Gasteiger partial charge on any atom is -0.381 e. The number of fused-ring (bicyclic) bond motifs is 1. The van der Waals surface area contributed by atoms with Crippen LogP contribution in [-0.4, -0.2) is 36.7 Å². The van der Waals surface area contributed by atoms with Crippen LogP contribution in [0.25, 0.3) is 0 Å². The lowest BCUT2D eigenvalue weighted by molar-refractivity contribution is 0.184. The summed E-state index contributed by atoms with van der Waals surface area (Å²) >= 11 is 1.94. The zero-order valence-electron chi connectivity index (χ0n) is 11.1. The number of aliphatic imine (C=N–C) groups is 1. The predicted octanol–water partition coefficient (Wildman–Crippen LogP) is 2.66. The highest BCUT2D eigenvalue weighted by atomic mass is 32.2. The third-order valence-electron chi connectivity index (χ3n) is 4.47. The second-order valence-electron chi connectivity index (χ2n) is 5.81. The maximum absolute atomic E-state index is 5.40. The van der Waals surface area contributed by atoms with Crippen molar-refractivity contribution in [3.63, 3.8) is 0 Å². The van der Waals surface area contributed by atoms with Crippen molar-refractivity contribution in [3.8, 4) is 0 Å². The van der Waals surface area contributed by atoms with E-state index in [1.54, 1.807) is 0 Å². The molecule has 3 nitrogen and oxygen atoms in total. The fraction of sp³-hybridized carbons (Fsp3) is 0.929. The van der Waals surface area contributed by atoms with E-state index in [4.69, 9.17) is 9.73 Å². The highest BCUT2D eigenvalue weighted by Gasteiger charge is 2.30. The summed E-state index contributed by atoms with van der Waals surface area (Å²) < 4.78 is 5.40. The standard InChI is InChI=1S/C14H24N2OS/c1-2-4-13-12(3-1)10-18-14(16-13)15-7-5-11-6-8-17-9-11/h11-13H,1-10H2,(H,15,16). The first-order valence-electron chi connectivity index (χ1n) is 7.43. The van der Waals surface area contributed by atoms with E-state index < -0.39 is 0 Å². The van der Waals surface area contributed by atoms with Crippen LogP contribution in [-0.2, 0) is 4.74 Å². The molecule has 2 heterocycles. The number of nitrogens with one attached hydrogen (secondary N) is 1. The van der Waals surface area contributed by atoms with Crippen molar-refractivity contribution in [2.45, 2.75) is 44.6 Å². The summed E-state index contributed by atoms with van der Waals surface area (Å²) in [7, 11) is 0. The predicted molar refractivity (Wildman–Crippen MR) is 77.2 cm³/mol. The van der Waals surface area contributed by atoms with Gasteiger partial charge in [0.2, 0.25) is 0 Å². The number of hydrogen-bond donors (Lipinski definition) is 1. The Morgan fingerprint density at radius 1 is 1.28 bits per heavy atom. The number of nitrogens with zero attached hydrogens (tertiary/aromatic N) is 1. The summed E-state index contributed by atoms with van der Waals surface area (Å²) in [5, 5.41) is 4.87. The number of thioether (sulfide) groups is 1. The van der Waals surface area contributed by atoms with E-state index >= 15 is 0 Å². The van der Waals surface area contributed by atoms with Gasteiger partial charge in [-0.2, -0.15) is 0 Å². The van der Waals surface area contributed by atoms with E-state index in [2.05, 4.69) is 5.32 Å². The molecule has 3 unspecified atom stereocenters. The van der Waals surface area contributed by atoms with Crippen LogP contribution < -0.4 is 5.32 Å². The van der Waals surface area contributed by atoms with E-state index in [0.717, 1.165) is 31.6 Å². The molecule has 18 heavy (non-hydrogen) atoms. The molecule has 1 saturated carbocycles. The zero-order chi connectivity index (χ0) is 12.2. The Balaban J connectivity index is 1.44. The summed E-state index contributed by atoms with van der Waals surface area (Å²) in [5.41, 5.74) is 0. The van der Waals surface area contributed by atoms with E-state index in [0.29, 0.717) is 6.04 Å². The summed E-state index contributed by atoms with van der Waals surface area (Å²) in [6, 6.07) is 0.716. The maximum atomic E-state index is 5.40. The quantitative estimate of drug-likeness (QED) is 0.854. The van der Waals surface area contributed by atoms with Gasteiger partial charge in [0.15, 0.2) is 5.17 Å².